The summed E-state index contributed by atoms with van der Waals surface area (Å²) in [6.07, 6.45) is 0.556. The van der Waals surface area contributed by atoms with Crippen LogP contribution in [0, 0.1) is 11.3 Å². The molecule has 0 fully saturated rings. The summed E-state index contributed by atoms with van der Waals surface area (Å²) in [5.41, 5.74) is 0.721. The molecule has 0 heterocycles. The number of amides is 1. The van der Waals surface area contributed by atoms with Gasteiger partial charge in [0.2, 0.25) is 0 Å². The number of hydrogen-bond acceptors (Lipinski definition) is 4. The second-order valence-corrected chi connectivity index (χ2v) is 4.81. The molecule has 0 aromatic heterocycles. The van der Waals surface area contributed by atoms with Crippen LogP contribution in [0.25, 0.3) is 6.08 Å². The zero-order valence-electron chi connectivity index (χ0n) is 13.4. The van der Waals surface area contributed by atoms with Crippen molar-refractivity contribution < 1.29 is 19.4 Å². The van der Waals surface area contributed by atoms with Crippen LogP contribution in [0.5, 0.6) is 5.75 Å². The molecule has 1 N–H and O–H groups in total. The maximum Gasteiger partial charge on any atom is 0.344 e. The lowest BCUT2D eigenvalue weighted by molar-refractivity contribution is -0.144. The quantitative estimate of drug-likeness (QED) is 0.616. The fraction of sp³-hybridized carbons (Fsp3) is 0.353. The summed E-state index contributed by atoms with van der Waals surface area (Å²) < 4.78 is 5.22. The third-order valence-electron chi connectivity index (χ3n) is 3.25. The molecule has 0 saturated heterocycles. The Balaban J connectivity index is 2.92. The van der Waals surface area contributed by atoms with Gasteiger partial charge >= 0.3 is 5.97 Å². The van der Waals surface area contributed by atoms with Gasteiger partial charge in [-0.05, 0) is 44.5 Å². The number of hydrogen-bond donors (Lipinski definition) is 1. The molecule has 1 amide bonds. The molecule has 1 atom stereocenters. The van der Waals surface area contributed by atoms with Gasteiger partial charge in [-0.15, -0.1) is 0 Å². The highest BCUT2D eigenvalue weighted by Crippen LogP contribution is 2.16. The third-order valence-corrected chi connectivity index (χ3v) is 3.25. The second kappa shape index (κ2) is 8.59. The zero-order chi connectivity index (χ0) is 17.4. The molecule has 0 saturated carbocycles. The molecular formula is C17H20N2O4. The van der Waals surface area contributed by atoms with Crippen LogP contribution in [-0.2, 0) is 9.59 Å². The molecule has 0 radical (unpaired) electrons. The lowest BCUT2D eigenvalue weighted by Crippen LogP contribution is -2.31. The summed E-state index contributed by atoms with van der Waals surface area (Å²) in [6.45, 7) is 6.22. The van der Waals surface area contributed by atoms with E-state index in [0.29, 0.717) is 24.4 Å². The van der Waals surface area contributed by atoms with Crippen molar-refractivity contribution in [3.8, 4) is 11.8 Å². The average molecular weight is 316 g/mol. The molecule has 0 bridgehead atoms. The number of carbonyl (C=O) groups is 2. The van der Waals surface area contributed by atoms with Gasteiger partial charge in [0, 0.05) is 13.1 Å². The van der Waals surface area contributed by atoms with Crippen molar-refractivity contribution in [2.75, 3.05) is 13.1 Å². The minimum atomic E-state index is -1.05. The standard InChI is InChI=1S/C17H20N2O4/c1-4-19(5-2)16(20)14(11-18)10-13-6-8-15(9-7-13)23-12(3)17(21)22/h6-10,12H,4-5H2,1-3H3,(H,21,22). The van der Waals surface area contributed by atoms with Gasteiger partial charge < -0.3 is 14.7 Å². The molecule has 1 aromatic carbocycles. The van der Waals surface area contributed by atoms with Crippen LogP contribution in [0.15, 0.2) is 29.8 Å². The van der Waals surface area contributed by atoms with Crippen molar-refractivity contribution in [2.24, 2.45) is 0 Å². The first kappa shape index (κ1) is 18.2. The summed E-state index contributed by atoms with van der Waals surface area (Å²) >= 11 is 0. The van der Waals surface area contributed by atoms with Crippen LogP contribution in [0.3, 0.4) is 0 Å². The topological polar surface area (TPSA) is 90.6 Å². The highest BCUT2D eigenvalue weighted by Gasteiger charge is 2.15. The SMILES string of the molecule is CCN(CC)C(=O)C(C#N)=Cc1ccc(OC(C)C(=O)O)cc1. The highest BCUT2D eigenvalue weighted by atomic mass is 16.5. The molecule has 0 aliphatic heterocycles. The molecule has 1 aromatic rings. The van der Waals surface area contributed by atoms with Gasteiger partial charge in [-0.25, -0.2) is 4.79 Å². The van der Waals surface area contributed by atoms with E-state index in [0.717, 1.165) is 0 Å². The van der Waals surface area contributed by atoms with Crippen molar-refractivity contribution in [2.45, 2.75) is 26.9 Å². The zero-order valence-corrected chi connectivity index (χ0v) is 13.4. The van der Waals surface area contributed by atoms with Crippen LogP contribution < -0.4 is 4.74 Å². The molecule has 1 rings (SSSR count). The van der Waals surface area contributed by atoms with Gasteiger partial charge in [-0.2, -0.15) is 5.26 Å². The molecule has 6 nitrogen and oxygen atoms in total. The maximum absolute atomic E-state index is 12.2. The molecular weight excluding hydrogens is 296 g/mol. The Morgan fingerprint density at radius 3 is 2.30 bits per heavy atom. The summed E-state index contributed by atoms with van der Waals surface area (Å²) in [5.74, 6) is -0.950. The van der Waals surface area contributed by atoms with Crippen molar-refractivity contribution in [3.63, 3.8) is 0 Å². The first-order chi connectivity index (χ1) is 10.9. The van der Waals surface area contributed by atoms with Gasteiger partial charge in [-0.1, -0.05) is 12.1 Å². The molecule has 122 valence electrons. The maximum atomic E-state index is 12.2. The van der Waals surface area contributed by atoms with Gasteiger partial charge in [0.15, 0.2) is 6.10 Å². The van der Waals surface area contributed by atoms with Crippen LogP contribution in [0.4, 0.5) is 0 Å². The molecule has 1 unspecified atom stereocenters. The van der Waals surface area contributed by atoms with E-state index in [1.807, 2.05) is 19.9 Å². The minimum Gasteiger partial charge on any atom is -0.479 e. The number of rotatable bonds is 7. The first-order valence-corrected chi connectivity index (χ1v) is 7.33. The van der Waals surface area contributed by atoms with Crippen molar-refractivity contribution in [1.29, 1.82) is 5.26 Å². The number of aliphatic carboxylic acids is 1. The summed E-state index contributed by atoms with van der Waals surface area (Å²) in [4.78, 5) is 24.5. The molecule has 23 heavy (non-hydrogen) atoms. The number of likely N-dealkylation sites (N-methyl/N-ethyl adjacent to an activating group) is 1. The van der Waals surface area contributed by atoms with Crippen molar-refractivity contribution >= 4 is 18.0 Å². The summed E-state index contributed by atoms with van der Waals surface area (Å²) in [6, 6.07) is 8.45. The first-order valence-electron chi connectivity index (χ1n) is 7.33. The lowest BCUT2D eigenvalue weighted by Gasteiger charge is -2.17. The molecule has 0 aliphatic rings. The molecule has 0 spiro atoms. The van der Waals surface area contributed by atoms with E-state index in [9.17, 15) is 14.9 Å². The Labute approximate surface area is 135 Å². The van der Waals surface area contributed by atoms with Gasteiger partial charge in [0.1, 0.15) is 17.4 Å². The van der Waals surface area contributed by atoms with Crippen LogP contribution in [-0.4, -0.2) is 41.1 Å². The number of carbonyl (C=O) groups excluding carboxylic acids is 1. The summed E-state index contributed by atoms with van der Waals surface area (Å²) in [7, 11) is 0. The highest BCUT2D eigenvalue weighted by molar-refractivity contribution is 6.01. The van der Waals surface area contributed by atoms with E-state index < -0.39 is 12.1 Å². The number of nitrogens with zero attached hydrogens (tertiary/aromatic N) is 2. The normalized spacial score (nSPS) is 12.2. The largest absolute Gasteiger partial charge is 0.479 e. The Hall–Kier alpha value is -2.81. The van der Waals surface area contributed by atoms with Crippen molar-refractivity contribution in [1.82, 2.24) is 4.90 Å². The van der Waals surface area contributed by atoms with Crippen LogP contribution >= 0.6 is 0 Å². The predicted octanol–water partition coefficient (Wildman–Crippen LogP) is 2.31. The lowest BCUT2D eigenvalue weighted by atomic mass is 10.1. The van der Waals surface area contributed by atoms with Gasteiger partial charge in [0.25, 0.3) is 5.91 Å². The molecule has 6 heteroatoms. The number of nitriles is 1. The van der Waals surface area contributed by atoms with Crippen molar-refractivity contribution in [3.05, 3.63) is 35.4 Å². The average Bonchev–Trinajstić information content (AvgIpc) is 2.54. The number of carboxylic acid groups (broad SMARTS) is 1. The van der Waals surface area contributed by atoms with E-state index in [1.54, 1.807) is 29.2 Å². The van der Waals surface area contributed by atoms with E-state index in [2.05, 4.69) is 0 Å². The minimum absolute atomic E-state index is 0.0567. The Morgan fingerprint density at radius 2 is 1.87 bits per heavy atom. The van der Waals surface area contributed by atoms with Gasteiger partial charge in [0.05, 0.1) is 0 Å². The monoisotopic (exact) mass is 316 g/mol. The van der Waals surface area contributed by atoms with E-state index in [-0.39, 0.29) is 11.5 Å². The van der Waals surface area contributed by atoms with E-state index >= 15 is 0 Å². The van der Waals surface area contributed by atoms with Gasteiger partial charge in [-0.3, -0.25) is 4.79 Å². The smallest absolute Gasteiger partial charge is 0.344 e. The number of benzene rings is 1. The van der Waals surface area contributed by atoms with Crippen LogP contribution in [0.1, 0.15) is 26.3 Å². The Kier molecular flexibility index (Phi) is 6.81. The predicted molar refractivity (Wildman–Crippen MR) is 85.7 cm³/mol. The Morgan fingerprint density at radius 1 is 1.30 bits per heavy atom. The third kappa shape index (κ3) is 5.15. The van der Waals surface area contributed by atoms with E-state index in [4.69, 9.17) is 9.84 Å². The fourth-order valence-electron chi connectivity index (χ4n) is 1.89. The van der Waals surface area contributed by atoms with Crippen LogP contribution in [0.2, 0.25) is 0 Å². The fourth-order valence-corrected chi connectivity index (χ4v) is 1.89. The number of carboxylic acids is 1. The molecule has 0 aliphatic carbocycles. The number of ether oxygens (including phenoxy) is 1. The second-order valence-electron chi connectivity index (χ2n) is 4.81. The Bertz CT molecular complexity index is 625. The van der Waals surface area contributed by atoms with E-state index in [1.165, 1.54) is 13.0 Å². The summed E-state index contributed by atoms with van der Waals surface area (Å²) in [5, 5.41) is 18.0.